The van der Waals surface area contributed by atoms with Crippen LogP contribution >= 0.6 is 22.9 Å². The molecule has 0 aliphatic carbocycles. The van der Waals surface area contributed by atoms with Gasteiger partial charge in [0.15, 0.2) is 0 Å². The van der Waals surface area contributed by atoms with Crippen LogP contribution in [0.4, 0.5) is 5.69 Å². The zero-order valence-corrected chi connectivity index (χ0v) is 10.2. The number of thiophene rings is 1. The summed E-state index contributed by atoms with van der Waals surface area (Å²) in [5.41, 5.74) is 7.48. The number of ether oxygens (including phenoxy) is 1. The highest BCUT2D eigenvalue weighted by Crippen LogP contribution is 2.24. The van der Waals surface area contributed by atoms with Crippen LogP contribution in [0.3, 0.4) is 0 Å². The van der Waals surface area contributed by atoms with Crippen molar-refractivity contribution >= 4 is 28.6 Å². The summed E-state index contributed by atoms with van der Waals surface area (Å²) < 4.78 is 5.58. The van der Waals surface area contributed by atoms with E-state index in [1.54, 1.807) is 23.5 Å². The highest BCUT2D eigenvalue weighted by Gasteiger charge is 1.99. The van der Waals surface area contributed by atoms with E-state index < -0.39 is 0 Å². The average molecular weight is 254 g/mol. The number of benzene rings is 1. The van der Waals surface area contributed by atoms with E-state index in [0.717, 1.165) is 12.2 Å². The van der Waals surface area contributed by atoms with Gasteiger partial charge in [0, 0.05) is 12.5 Å². The number of anilines is 1. The van der Waals surface area contributed by atoms with Crippen molar-refractivity contribution in [2.24, 2.45) is 0 Å². The van der Waals surface area contributed by atoms with Crippen molar-refractivity contribution in [1.29, 1.82) is 0 Å². The largest absolute Gasteiger partial charge is 0.493 e. The fourth-order valence-electron chi connectivity index (χ4n) is 1.32. The van der Waals surface area contributed by atoms with E-state index in [-0.39, 0.29) is 0 Å². The Hall–Kier alpha value is -1.19. The first-order chi connectivity index (χ1) is 7.75. The number of nitrogen functional groups attached to an aromatic ring is 1. The van der Waals surface area contributed by atoms with Crippen LogP contribution in [0.1, 0.15) is 5.56 Å². The SMILES string of the molecule is Nc1ccc(OCCc2ccsc2)cc1Cl. The highest BCUT2D eigenvalue weighted by atomic mass is 35.5. The first-order valence-electron chi connectivity index (χ1n) is 4.94. The minimum absolute atomic E-state index is 0.535. The molecule has 2 rings (SSSR count). The van der Waals surface area contributed by atoms with Gasteiger partial charge < -0.3 is 10.5 Å². The van der Waals surface area contributed by atoms with Crippen LogP contribution < -0.4 is 10.5 Å². The third-order valence-corrected chi connectivity index (χ3v) is 3.27. The lowest BCUT2D eigenvalue weighted by Crippen LogP contribution is -2.00. The molecule has 0 amide bonds. The number of rotatable bonds is 4. The third kappa shape index (κ3) is 2.90. The summed E-state index contributed by atoms with van der Waals surface area (Å²) in [5, 5.41) is 4.72. The van der Waals surface area contributed by atoms with Gasteiger partial charge in [-0.05, 0) is 34.5 Å². The molecule has 1 aromatic heterocycles. The van der Waals surface area contributed by atoms with Gasteiger partial charge in [-0.15, -0.1) is 0 Å². The Morgan fingerprint density at radius 2 is 2.19 bits per heavy atom. The van der Waals surface area contributed by atoms with E-state index in [9.17, 15) is 0 Å². The van der Waals surface area contributed by atoms with E-state index in [2.05, 4.69) is 16.8 Å². The minimum Gasteiger partial charge on any atom is -0.493 e. The minimum atomic E-state index is 0.535. The molecule has 0 radical (unpaired) electrons. The van der Waals surface area contributed by atoms with Crippen LogP contribution in [-0.2, 0) is 6.42 Å². The maximum atomic E-state index is 5.89. The van der Waals surface area contributed by atoms with Crippen LogP contribution in [-0.4, -0.2) is 6.61 Å². The number of nitrogens with two attached hydrogens (primary N) is 1. The van der Waals surface area contributed by atoms with E-state index in [0.29, 0.717) is 17.3 Å². The molecule has 0 spiro atoms. The molecule has 2 N–H and O–H groups in total. The molecule has 0 bridgehead atoms. The Morgan fingerprint density at radius 3 is 2.88 bits per heavy atom. The molecule has 16 heavy (non-hydrogen) atoms. The lowest BCUT2D eigenvalue weighted by Gasteiger charge is -2.06. The summed E-state index contributed by atoms with van der Waals surface area (Å²) in [6.07, 6.45) is 0.908. The zero-order chi connectivity index (χ0) is 11.4. The second-order valence-corrected chi connectivity index (χ2v) is 4.60. The van der Waals surface area contributed by atoms with Crippen LogP contribution in [0.5, 0.6) is 5.75 Å². The summed E-state index contributed by atoms with van der Waals surface area (Å²) in [5.74, 6) is 0.759. The maximum absolute atomic E-state index is 5.89. The first-order valence-corrected chi connectivity index (χ1v) is 6.26. The third-order valence-electron chi connectivity index (χ3n) is 2.21. The molecule has 0 aliphatic heterocycles. The lowest BCUT2D eigenvalue weighted by atomic mass is 10.2. The number of hydrogen-bond donors (Lipinski definition) is 1. The number of halogens is 1. The molecule has 2 aromatic rings. The van der Waals surface area contributed by atoms with Gasteiger partial charge in [-0.3, -0.25) is 0 Å². The Labute approximate surface area is 104 Å². The monoisotopic (exact) mass is 253 g/mol. The van der Waals surface area contributed by atoms with Crippen molar-refractivity contribution in [1.82, 2.24) is 0 Å². The highest BCUT2D eigenvalue weighted by molar-refractivity contribution is 7.07. The predicted molar refractivity (Wildman–Crippen MR) is 69.4 cm³/mol. The molecule has 0 aliphatic rings. The summed E-state index contributed by atoms with van der Waals surface area (Å²) in [6, 6.07) is 7.42. The first kappa shape index (κ1) is 11.3. The Kier molecular flexibility index (Phi) is 3.70. The second kappa shape index (κ2) is 5.23. The van der Waals surface area contributed by atoms with Gasteiger partial charge in [0.05, 0.1) is 17.3 Å². The van der Waals surface area contributed by atoms with E-state index in [1.807, 2.05) is 6.07 Å². The Balaban J connectivity index is 1.87. The van der Waals surface area contributed by atoms with Crippen molar-refractivity contribution in [3.05, 3.63) is 45.6 Å². The molecular weight excluding hydrogens is 242 g/mol. The summed E-state index contributed by atoms with van der Waals surface area (Å²) in [7, 11) is 0. The molecule has 1 heterocycles. The van der Waals surface area contributed by atoms with Gasteiger partial charge in [-0.1, -0.05) is 11.6 Å². The predicted octanol–water partition coefficient (Wildman–Crippen LogP) is 3.61. The summed E-state index contributed by atoms with van der Waals surface area (Å²) >= 11 is 7.59. The fraction of sp³-hybridized carbons (Fsp3) is 0.167. The molecule has 4 heteroatoms. The molecular formula is C12H12ClNOS. The lowest BCUT2D eigenvalue weighted by molar-refractivity contribution is 0.322. The molecule has 0 fully saturated rings. The molecule has 0 saturated carbocycles. The van der Waals surface area contributed by atoms with Gasteiger partial charge >= 0.3 is 0 Å². The van der Waals surface area contributed by atoms with E-state index in [1.165, 1.54) is 5.56 Å². The Morgan fingerprint density at radius 1 is 1.31 bits per heavy atom. The van der Waals surface area contributed by atoms with Crippen LogP contribution in [0.2, 0.25) is 5.02 Å². The van der Waals surface area contributed by atoms with Gasteiger partial charge in [0.2, 0.25) is 0 Å². The van der Waals surface area contributed by atoms with Gasteiger partial charge in [0.25, 0.3) is 0 Å². The van der Waals surface area contributed by atoms with Crippen LogP contribution in [0.25, 0.3) is 0 Å². The normalized spacial score (nSPS) is 10.3. The van der Waals surface area contributed by atoms with E-state index in [4.69, 9.17) is 22.1 Å². The maximum Gasteiger partial charge on any atom is 0.120 e. The second-order valence-electron chi connectivity index (χ2n) is 3.41. The van der Waals surface area contributed by atoms with Crippen molar-refractivity contribution in [3.63, 3.8) is 0 Å². The zero-order valence-electron chi connectivity index (χ0n) is 8.65. The van der Waals surface area contributed by atoms with Crippen LogP contribution in [0, 0.1) is 0 Å². The molecule has 84 valence electrons. The van der Waals surface area contributed by atoms with Gasteiger partial charge in [-0.2, -0.15) is 11.3 Å². The van der Waals surface area contributed by atoms with Crippen LogP contribution in [0.15, 0.2) is 35.0 Å². The molecule has 1 aromatic carbocycles. The van der Waals surface area contributed by atoms with Crippen molar-refractivity contribution in [2.75, 3.05) is 12.3 Å². The quantitative estimate of drug-likeness (QED) is 0.845. The Bertz CT molecular complexity index is 456. The summed E-state index contributed by atoms with van der Waals surface area (Å²) in [4.78, 5) is 0. The summed E-state index contributed by atoms with van der Waals surface area (Å²) in [6.45, 7) is 0.650. The fourth-order valence-corrected chi connectivity index (χ4v) is 2.19. The van der Waals surface area contributed by atoms with Crippen molar-refractivity contribution in [2.45, 2.75) is 6.42 Å². The van der Waals surface area contributed by atoms with Crippen molar-refractivity contribution < 1.29 is 4.74 Å². The number of hydrogen-bond acceptors (Lipinski definition) is 3. The molecule has 0 saturated heterocycles. The topological polar surface area (TPSA) is 35.2 Å². The smallest absolute Gasteiger partial charge is 0.120 e. The molecule has 0 unspecified atom stereocenters. The molecule has 0 atom stereocenters. The average Bonchev–Trinajstić information content (AvgIpc) is 2.76. The van der Waals surface area contributed by atoms with Crippen molar-refractivity contribution in [3.8, 4) is 5.75 Å². The standard InChI is InChI=1S/C12H12ClNOS/c13-11-7-10(1-2-12(11)14)15-5-3-9-4-6-16-8-9/h1-2,4,6-8H,3,5,14H2. The molecule has 2 nitrogen and oxygen atoms in total. The van der Waals surface area contributed by atoms with E-state index >= 15 is 0 Å². The van der Waals surface area contributed by atoms with Gasteiger partial charge in [-0.25, -0.2) is 0 Å². The van der Waals surface area contributed by atoms with Gasteiger partial charge in [0.1, 0.15) is 5.75 Å².